The Bertz CT molecular complexity index is 1770. The Morgan fingerprint density at radius 2 is 1.78 bits per heavy atom. The van der Waals surface area contributed by atoms with E-state index in [2.05, 4.69) is 25.6 Å². The second-order valence-electron chi connectivity index (χ2n) is 11.2. The van der Waals surface area contributed by atoms with E-state index in [1.54, 1.807) is 49.9 Å². The van der Waals surface area contributed by atoms with E-state index in [1.165, 1.54) is 30.3 Å². The number of amides is 2. The summed E-state index contributed by atoms with van der Waals surface area (Å²) in [5.41, 5.74) is 0.867. The molecule has 3 heterocycles. The molecule has 9 nitrogen and oxygen atoms in total. The molecule has 2 atom stereocenters. The number of benzene rings is 1. The zero-order valence-corrected chi connectivity index (χ0v) is 24.5. The highest BCUT2D eigenvalue weighted by atomic mass is 19.1. The molecule has 230 valence electrons. The molecule has 2 aliphatic rings. The van der Waals surface area contributed by atoms with Gasteiger partial charge in [-0.2, -0.15) is 0 Å². The van der Waals surface area contributed by atoms with E-state index in [9.17, 15) is 14.0 Å². The Labute approximate surface area is 258 Å². The van der Waals surface area contributed by atoms with Gasteiger partial charge in [-0.1, -0.05) is 6.92 Å². The molecule has 1 fully saturated rings. The molecule has 4 aromatic rings. The fourth-order valence-electron chi connectivity index (χ4n) is 5.14. The molecule has 6 rings (SSSR count). The number of pyridine rings is 3. The normalized spacial score (nSPS) is 18.6. The number of anilines is 1. The number of rotatable bonds is 10. The molecule has 0 aliphatic heterocycles. The summed E-state index contributed by atoms with van der Waals surface area (Å²) < 4.78 is 40.4. The quantitative estimate of drug-likeness (QED) is 0.216. The third kappa shape index (κ3) is 6.82. The number of aromatic nitrogens is 3. The van der Waals surface area contributed by atoms with Gasteiger partial charge < -0.3 is 20.1 Å². The van der Waals surface area contributed by atoms with Gasteiger partial charge in [-0.05, 0) is 85.4 Å². The van der Waals surface area contributed by atoms with Crippen LogP contribution in [0.25, 0.3) is 10.9 Å². The van der Waals surface area contributed by atoms with Crippen LogP contribution in [0.5, 0.6) is 11.6 Å². The summed E-state index contributed by atoms with van der Waals surface area (Å²) in [6.07, 6.45) is 11.4. The van der Waals surface area contributed by atoms with Gasteiger partial charge in [-0.25, -0.2) is 13.8 Å². The Morgan fingerprint density at radius 3 is 2.53 bits per heavy atom. The minimum Gasteiger partial charge on any atom is -0.477 e. The number of carbonyl (C=O) groups is 2. The standard InChI is InChI=1S/C34H31F2N5O4/c1-21-18-26(36)30(7-6-27(21)41-33(43)34(12-13-34)32(42)40-24-4-2-23(35)3-5-24)45-29-10-16-38-28-19-31(39-20-25(28)29)44-17-11-22-8-14-37-15-9-22/h2-5,7-10,14-16,18-21,27H,6,11-13,17H2,1H3,(H,40,42)(H,41,43). The maximum absolute atomic E-state index is 15.4. The van der Waals surface area contributed by atoms with Gasteiger partial charge in [0.25, 0.3) is 0 Å². The van der Waals surface area contributed by atoms with E-state index in [-0.39, 0.29) is 18.1 Å². The van der Waals surface area contributed by atoms with Crippen LogP contribution in [0.1, 0.15) is 31.7 Å². The number of hydrogen-bond donors (Lipinski definition) is 2. The largest absolute Gasteiger partial charge is 0.477 e. The average molecular weight is 612 g/mol. The van der Waals surface area contributed by atoms with E-state index in [4.69, 9.17) is 9.47 Å². The van der Waals surface area contributed by atoms with Gasteiger partial charge in [0.15, 0.2) is 11.6 Å². The fourth-order valence-corrected chi connectivity index (χ4v) is 5.14. The van der Waals surface area contributed by atoms with Crippen LogP contribution in [-0.4, -0.2) is 39.4 Å². The minimum absolute atomic E-state index is 0.0129. The number of halogens is 2. The van der Waals surface area contributed by atoms with Crippen LogP contribution < -0.4 is 20.1 Å². The van der Waals surface area contributed by atoms with E-state index in [0.717, 1.165) is 5.56 Å². The highest BCUT2D eigenvalue weighted by Crippen LogP contribution is 2.47. The van der Waals surface area contributed by atoms with Gasteiger partial charge in [0.05, 0.1) is 17.5 Å². The fraction of sp³-hybridized carbons (Fsp3) is 0.265. The summed E-state index contributed by atoms with van der Waals surface area (Å²) in [6, 6.07) is 12.1. The number of fused-ring (bicyclic) bond motifs is 1. The Morgan fingerprint density at radius 1 is 1.00 bits per heavy atom. The Balaban J connectivity index is 1.10. The van der Waals surface area contributed by atoms with Crippen molar-refractivity contribution in [2.75, 3.05) is 11.9 Å². The maximum atomic E-state index is 15.4. The predicted octanol–water partition coefficient (Wildman–Crippen LogP) is 5.85. The minimum atomic E-state index is -1.21. The SMILES string of the molecule is CC1C=C(F)C(Oc2ccnc3cc(OCCc4ccncc4)ncc23)=CCC1NC(=O)C1(C(=O)Nc2ccc(F)cc2)CC1. The van der Waals surface area contributed by atoms with E-state index in [0.29, 0.717) is 54.1 Å². The second-order valence-corrected chi connectivity index (χ2v) is 11.2. The first kappa shape index (κ1) is 29.9. The summed E-state index contributed by atoms with van der Waals surface area (Å²) in [5.74, 6) is -1.45. The lowest BCUT2D eigenvalue weighted by Crippen LogP contribution is -2.46. The van der Waals surface area contributed by atoms with E-state index >= 15 is 4.39 Å². The molecule has 0 saturated heterocycles. The topological polar surface area (TPSA) is 115 Å². The van der Waals surface area contributed by atoms with Gasteiger partial charge >= 0.3 is 0 Å². The summed E-state index contributed by atoms with van der Waals surface area (Å²) in [4.78, 5) is 39.0. The third-order valence-corrected chi connectivity index (χ3v) is 8.05. The van der Waals surface area contributed by atoms with Gasteiger partial charge in [0.2, 0.25) is 17.7 Å². The first-order valence-corrected chi connectivity index (χ1v) is 14.7. The zero-order valence-electron chi connectivity index (χ0n) is 24.5. The molecule has 2 unspecified atom stereocenters. The second kappa shape index (κ2) is 12.8. The Kier molecular flexibility index (Phi) is 8.50. The van der Waals surface area contributed by atoms with Crippen LogP contribution in [-0.2, 0) is 16.0 Å². The first-order chi connectivity index (χ1) is 21.8. The highest BCUT2D eigenvalue weighted by molar-refractivity contribution is 6.13. The van der Waals surface area contributed by atoms with Crippen LogP contribution in [0.2, 0.25) is 0 Å². The van der Waals surface area contributed by atoms with Crippen LogP contribution in [0.15, 0.2) is 97.1 Å². The van der Waals surface area contributed by atoms with Crippen molar-refractivity contribution in [1.82, 2.24) is 20.3 Å². The van der Waals surface area contributed by atoms with Gasteiger partial charge in [0, 0.05) is 49.0 Å². The summed E-state index contributed by atoms with van der Waals surface area (Å²) in [7, 11) is 0. The molecule has 1 saturated carbocycles. The maximum Gasteiger partial charge on any atom is 0.240 e. The van der Waals surface area contributed by atoms with Crippen LogP contribution >= 0.6 is 0 Å². The lowest BCUT2D eigenvalue weighted by molar-refractivity contribution is -0.135. The first-order valence-electron chi connectivity index (χ1n) is 14.7. The molecule has 0 spiro atoms. The number of allylic oxidation sites excluding steroid dienone is 1. The van der Waals surface area contributed by atoms with Crippen LogP contribution in [0.4, 0.5) is 14.5 Å². The monoisotopic (exact) mass is 611 g/mol. The molecule has 2 aliphatic carbocycles. The molecule has 45 heavy (non-hydrogen) atoms. The lowest BCUT2D eigenvalue weighted by Gasteiger charge is -2.24. The van der Waals surface area contributed by atoms with Crippen molar-refractivity contribution >= 4 is 28.4 Å². The molecule has 2 amide bonds. The molecule has 0 radical (unpaired) electrons. The van der Waals surface area contributed by atoms with Crippen LogP contribution in [0.3, 0.4) is 0 Å². The lowest BCUT2D eigenvalue weighted by atomic mass is 9.97. The van der Waals surface area contributed by atoms with Crippen molar-refractivity contribution in [3.8, 4) is 11.6 Å². The molecular weight excluding hydrogens is 580 g/mol. The number of ether oxygens (including phenoxy) is 2. The molecule has 3 aromatic heterocycles. The van der Waals surface area contributed by atoms with E-state index < -0.39 is 34.9 Å². The third-order valence-electron chi connectivity index (χ3n) is 8.05. The van der Waals surface area contributed by atoms with Gasteiger partial charge in [0.1, 0.15) is 17.0 Å². The molecule has 0 bridgehead atoms. The predicted molar refractivity (Wildman–Crippen MR) is 163 cm³/mol. The van der Waals surface area contributed by atoms with Gasteiger partial charge in [-0.3, -0.25) is 19.6 Å². The molecule has 11 heteroatoms. The van der Waals surface area contributed by atoms with Crippen molar-refractivity contribution in [3.63, 3.8) is 0 Å². The van der Waals surface area contributed by atoms with Crippen molar-refractivity contribution in [3.05, 3.63) is 108 Å². The molecule has 1 aromatic carbocycles. The number of hydrogen-bond acceptors (Lipinski definition) is 7. The average Bonchev–Trinajstić information content (AvgIpc) is 3.87. The van der Waals surface area contributed by atoms with Crippen molar-refractivity contribution in [2.24, 2.45) is 11.3 Å². The summed E-state index contributed by atoms with van der Waals surface area (Å²) in [6.45, 7) is 2.22. The highest BCUT2D eigenvalue weighted by Gasteiger charge is 2.57. The zero-order chi connectivity index (χ0) is 31.4. The number of nitrogens with one attached hydrogen (secondary N) is 2. The van der Waals surface area contributed by atoms with Gasteiger partial charge in [-0.15, -0.1) is 0 Å². The smallest absolute Gasteiger partial charge is 0.240 e. The van der Waals surface area contributed by atoms with Crippen molar-refractivity contribution < 1.29 is 27.8 Å². The molecular formula is C34H31F2N5O4. The number of nitrogens with zero attached hydrogens (tertiary/aromatic N) is 3. The summed E-state index contributed by atoms with van der Waals surface area (Å²) in [5, 5.41) is 6.23. The van der Waals surface area contributed by atoms with Crippen molar-refractivity contribution in [2.45, 2.75) is 38.6 Å². The number of carbonyl (C=O) groups excluding carboxylic acids is 2. The van der Waals surface area contributed by atoms with Crippen LogP contribution in [0, 0.1) is 17.2 Å². The van der Waals surface area contributed by atoms with Crippen molar-refractivity contribution in [1.29, 1.82) is 0 Å². The molecule has 2 N–H and O–H groups in total. The summed E-state index contributed by atoms with van der Waals surface area (Å²) >= 11 is 0. The van der Waals surface area contributed by atoms with E-state index in [1.807, 2.05) is 12.1 Å². The Hall–Kier alpha value is -5.19.